The topological polar surface area (TPSA) is 115 Å². The number of rotatable bonds is 11. The van der Waals surface area contributed by atoms with E-state index < -0.39 is 5.97 Å². The number of carboxylic acids is 1. The van der Waals surface area contributed by atoms with E-state index in [0.29, 0.717) is 31.2 Å². The summed E-state index contributed by atoms with van der Waals surface area (Å²) in [5.41, 5.74) is 4.39. The molecule has 0 aliphatic rings. The van der Waals surface area contributed by atoms with Crippen molar-refractivity contribution >= 4 is 5.97 Å². The Kier molecular flexibility index (Phi) is 7.22. The van der Waals surface area contributed by atoms with Crippen molar-refractivity contribution in [1.82, 2.24) is 25.0 Å². The molecular formula is C25H27N5O4. The van der Waals surface area contributed by atoms with Crippen molar-refractivity contribution in [1.29, 1.82) is 0 Å². The molecule has 4 rings (SSSR count). The summed E-state index contributed by atoms with van der Waals surface area (Å²) in [7, 11) is 0. The number of nitrogens with one attached hydrogen (secondary N) is 1. The highest BCUT2D eigenvalue weighted by Gasteiger charge is 2.21. The van der Waals surface area contributed by atoms with E-state index in [1.165, 1.54) is 0 Å². The lowest BCUT2D eigenvalue weighted by atomic mass is 10.1. The maximum atomic E-state index is 10.9. The average molecular weight is 462 g/mol. The number of hydrogen-bond donors (Lipinski definition) is 2. The van der Waals surface area contributed by atoms with Gasteiger partial charge < -0.3 is 14.6 Å². The molecule has 2 N–H and O–H groups in total. The smallest absolute Gasteiger partial charge is 0.303 e. The molecule has 176 valence electrons. The molecule has 1 unspecified atom stereocenters. The van der Waals surface area contributed by atoms with Crippen molar-refractivity contribution in [3.05, 3.63) is 89.1 Å². The average Bonchev–Trinajstić information content (AvgIpc) is 3.43. The number of carboxylic acid groups (broad SMARTS) is 1. The third-order valence-corrected chi connectivity index (χ3v) is 5.32. The first-order chi connectivity index (χ1) is 16.5. The fraction of sp³-hybridized carbons (Fsp3) is 0.280. The van der Waals surface area contributed by atoms with Gasteiger partial charge in [0, 0.05) is 36.1 Å². The van der Waals surface area contributed by atoms with Crippen molar-refractivity contribution in [2.24, 2.45) is 0 Å². The summed E-state index contributed by atoms with van der Waals surface area (Å²) in [5.74, 6) is 0.343. The summed E-state index contributed by atoms with van der Waals surface area (Å²) in [6.07, 6.45) is 5.44. The highest BCUT2D eigenvalue weighted by molar-refractivity contribution is 5.67. The molecule has 0 fully saturated rings. The summed E-state index contributed by atoms with van der Waals surface area (Å²) in [4.78, 5) is 15.4. The van der Waals surface area contributed by atoms with Gasteiger partial charge in [0.15, 0.2) is 6.10 Å². The van der Waals surface area contributed by atoms with Crippen LogP contribution in [0.5, 0.6) is 11.6 Å². The highest BCUT2D eigenvalue weighted by Crippen LogP contribution is 2.29. The van der Waals surface area contributed by atoms with Gasteiger partial charge in [0.25, 0.3) is 0 Å². The molecule has 0 aliphatic carbocycles. The molecule has 4 aromatic rings. The monoisotopic (exact) mass is 461 g/mol. The van der Waals surface area contributed by atoms with Crippen LogP contribution < -0.4 is 9.47 Å². The Morgan fingerprint density at radius 1 is 1.21 bits per heavy atom. The molecule has 3 aromatic heterocycles. The number of benzene rings is 1. The van der Waals surface area contributed by atoms with Crippen LogP contribution >= 0.6 is 0 Å². The van der Waals surface area contributed by atoms with E-state index in [0.717, 1.165) is 28.1 Å². The molecule has 0 aliphatic heterocycles. The van der Waals surface area contributed by atoms with Crippen LogP contribution in [-0.4, -0.2) is 42.6 Å². The number of aliphatic carboxylic acids is 1. The Morgan fingerprint density at radius 2 is 2.03 bits per heavy atom. The number of carbonyl (C=O) groups is 1. The first-order valence-corrected chi connectivity index (χ1v) is 11.1. The Balaban J connectivity index is 1.49. The molecule has 9 nitrogen and oxygen atoms in total. The number of aromatic nitrogens is 5. The van der Waals surface area contributed by atoms with Crippen LogP contribution in [0.1, 0.15) is 47.5 Å². The summed E-state index contributed by atoms with van der Waals surface area (Å²) in [6.45, 7) is 4.80. The van der Waals surface area contributed by atoms with E-state index in [1.807, 2.05) is 68.7 Å². The third kappa shape index (κ3) is 5.61. The molecule has 0 radical (unpaired) electrons. The van der Waals surface area contributed by atoms with E-state index in [4.69, 9.17) is 14.6 Å². The second-order valence-corrected chi connectivity index (χ2v) is 7.81. The first kappa shape index (κ1) is 23.0. The van der Waals surface area contributed by atoms with Crippen LogP contribution in [0, 0.1) is 6.92 Å². The SMILES string of the molecule is CCOc1nn(Cc2ccc(OC(c3ccccn3)c3c[nH]nc3C)cc2)cc1CCC(=O)O. The number of nitrogens with zero attached hydrogens (tertiary/aromatic N) is 4. The van der Waals surface area contributed by atoms with Crippen molar-refractivity contribution < 1.29 is 19.4 Å². The minimum Gasteiger partial charge on any atom is -0.481 e. The number of pyridine rings is 1. The zero-order valence-electron chi connectivity index (χ0n) is 19.1. The van der Waals surface area contributed by atoms with Crippen LogP contribution in [0.2, 0.25) is 0 Å². The van der Waals surface area contributed by atoms with Gasteiger partial charge in [0.1, 0.15) is 5.75 Å². The molecule has 0 amide bonds. The minimum atomic E-state index is -0.847. The number of hydrogen-bond acceptors (Lipinski definition) is 6. The highest BCUT2D eigenvalue weighted by atomic mass is 16.5. The molecule has 0 spiro atoms. The first-order valence-electron chi connectivity index (χ1n) is 11.1. The van der Waals surface area contributed by atoms with Crippen molar-refractivity contribution in [3.8, 4) is 11.6 Å². The lowest BCUT2D eigenvalue weighted by Crippen LogP contribution is -2.11. The van der Waals surface area contributed by atoms with Crippen LogP contribution in [-0.2, 0) is 17.8 Å². The second-order valence-electron chi connectivity index (χ2n) is 7.81. The van der Waals surface area contributed by atoms with Crippen LogP contribution in [0.25, 0.3) is 0 Å². The van der Waals surface area contributed by atoms with E-state index in [-0.39, 0.29) is 12.5 Å². The molecule has 0 saturated heterocycles. The van der Waals surface area contributed by atoms with Gasteiger partial charge in [-0.25, -0.2) is 0 Å². The van der Waals surface area contributed by atoms with Crippen LogP contribution in [0.3, 0.4) is 0 Å². The van der Waals surface area contributed by atoms with Crippen molar-refractivity contribution in [3.63, 3.8) is 0 Å². The molecule has 0 bridgehead atoms. The van der Waals surface area contributed by atoms with Gasteiger partial charge in [-0.1, -0.05) is 18.2 Å². The Labute approximate surface area is 197 Å². The van der Waals surface area contributed by atoms with Gasteiger partial charge in [-0.15, -0.1) is 5.10 Å². The normalized spacial score (nSPS) is 11.8. The standard InChI is InChI=1S/C25H27N5O4/c1-3-33-25-19(9-12-23(31)32)16-30(29-25)15-18-7-10-20(11-8-18)34-24(21-14-27-28-17(21)2)22-6-4-5-13-26-22/h4-8,10-11,13-14,16,24H,3,9,12,15H2,1-2H3,(H,27,28)(H,31,32). The molecular weight excluding hydrogens is 434 g/mol. The predicted octanol–water partition coefficient (Wildman–Crippen LogP) is 3.94. The van der Waals surface area contributed by atoms with Gasteiger partial charge in [-0.2, -0.15) is 5.10 Å². The van der Waals surface area contributed by atoms with Crippen molar-refractivity contribution in [2.45, 2.75) is 39.3 Å². The third-order valence-electron chi connectivity index (χ3n) is 5.32. The maximum absolute atomic E-state index is 10.9. The van der Waals surface area contributed by atoms with E-state index in [1.54, 1.807) is 10.9 Å². The van der Waals surface area contributed by atoms with Gasteiger partial charge in [-0.3, -0.25) is 19.6 Å². The molecule has 9 heteroatoms. The Morgan fingerprint density at radius 3 is 2.68 bits per heavy atom. The van der Waals surface area contributed by atoms with Gasteiger partial charge in [-0.05, 0) is 50.1 Å². The lowest BCUT2D eigenvalue weighted by molar-refractivity contribution is -0.136. The molecule has 1 aromatic carbocycles. The minimum absolute atomic E-state index is 0.0331. The fourth-order valence-corrected chi connectivity index (χ4v) is 3.64. The van der Waals surface area contributed by atoms with E-state index >= 15 is 0 Å². The summed E-state index contributed by atoms with van der Waals surface area (Å²) < 4.78 is 13.7. The van der Waals surface area contributed by atoms with Gasteiger partial charge in [0.2, 0.25) is 5.88 Å². The largest absolute Gasteiger partial charge is 0.481 e. The van der Waals surface area contributed by atoms with Crippen LogP contribution in [0.4, 0.5) is 0 Å². The van der Waals surface area contributed by atoms with E-state index in [2.05, 4.69) is 20.3 Å². The number of aromatic amines is 1. The van der Waals surface area contributed by atoms with Gasteiger partial charge in [0.05, 0.1) is 24.5 Å². The number of aryl methyl sites for hydroxylation is 2. The fourth-order valence-electron chi connectivity index (χ4n) is 3.64. The van der Waals surface area contributed by atoms with Gasteiger partial charge >= 0.3 is 5.97 Å². The molecule has 34 heavy (non-hydrogen) atoms. The summed E-state index contributed by atoms with van der Waals surface area (Å²) in [6, 6.07) is 13.5. The number of H-pyrrole nitrogens is 1. The van der Waals surface area contributed by atoms with E-state index in [9.17, 15) is 4.79 Å². The van der Waals surface area contributed by atoms with Crippen molar-refractivity contribution in [2.75, 3.05) is 6.61 Å². The maximum Gasteiger partial charge on any atom is 0.303 e. The Hall–Kier alpha value is -4.14. The summed E-state index contributed by atoms with van der Waals surface area (Å²) >= 11 is 0. The molecule has 3 heterocycles. The second kappa shape index (κ2) is 10.7. The Bertz CT molecular complexity index is 1220. The molecule has 1 atom stereocenters. The summed E-state index contributed by atoms with van der Waals surface area (Å²) in [5, 5.41) is 20.6. The lowest BCUT2D eigenvalue weighted by Gasteiger charge is -2.18. The molecule has 0 saturated carbocycles. The zero-order chi connectivity index (χ0) is 23.9. The quantitative estimate of drug-likeness (QED) is 0.348. The number of ether oxygens (including phenoxy) is 2. The zero-order valence-corrected chi connectivity index (χ0v) is 19.1. The predicted molar refractivity (Wildman–Crippen MR) is 125 cm³/mol. The van der Waals surface area contributed by atoms with Crippen LogP contribution in [0.15, 0.2) is 61.1 Å².